The number of nitrogens with zero attached hydrogens (tertiary/aromatic N) is 2. The van der Waals surface area contributed by atoms with Crippen molar-refractivity contribution < 1.29 is 9.53 Å². The van der Waals surface area contributed by atoms with Crippen LogP contribution in [0.15, 0.2) is 12.4 Å². The van der Waals surface area contributed by atoms with Crippen molar-refractivity contribution in [1.82, 2.24) is 14.9 Å². The summed E-state index contributed by atoms with van der Waals surface area (Å²) in [5.74, 6) is 0.661. The highest BCUT2D eigenvalue weighted by molar-refractivity contribution is 5.69. The van der Waals surface area contributed by atoms with Crippen LogP contribution in [0.3, 0.4) is 0 Å². The lowest BCUT2D eigenvalue weighted by Gasteiger charge is -2.08. The topological polar surface area (TPSA) is 56.2 Å². The van der Waals surface area contributed by atoms with Crippen molar-refractivity contribution in [2.75, 3.05) is 13.2 Å². The van der Waals surface area contributed by atoms with E-state index in [1.807, 2.05) is 11.5 Å². The zero-order valence-electron chi connectivity index (χ0n) is 10.6. The van der Waals surface area contributed by atoms with Crippen LogP contribution in [0, 0.1) is 0 Å². The number of aromatic nitrogens is 2. The SMILES string of the molecule is CCCCOC(=O)Cn1ccnc1CNCC. The fourth-order valence-electron chi connectivity index (χ4n) is 1.40. The zero-order valence-corrected chi connectivity index (χ0v) is 10.6. The summed E-state index contributed by atoms with van der Waals surface area (Å²) >= 11 is 0. The molecule has 5 nitrogen and oxygen atoms in total. The predicted molar refractivity (Wildman–Crippen MR) is 65.5 cm³/mol. The Morgan fingerprint density at radius 1 is 1.53 bits per heavy atom. The fourth-order valence-corrected chi connectivity index (χ4v) is 1.40. The van der Waals surface area contributed by atoms with Crippen molar-refractivity contribution in [1.29, 1.82) is 0 Å². The van der Waals surface area contributed by atoms with Crippen LogP contribution < -0.4 is 5.32 Å². The molecule has 1 aromatic rings. The van der Waals surface area contributed by atoms with E-state index in [4.69, 9.17) is 4.74 Å². The molecule has 17 heavy (non-hydrogen) atoms. The smallest absolute Gasteiger partial charge is 0.325 e. The fraction of sp³-hybridized carbons (Fsp3) is 0.667. The van der Waals surface area contributed by atoms with Gasteiger partial charge in [-0.3, -0.25) is 4.79 Å². The quantitative estimate of drug-likeness (QED) is 0.549. The molecule has 0 aliphatic carbocycles. The molecule has 0 radical (unpaired) electrons. The number of hydrogen-bond acceptors (Lipinski definition) is 4. The number of unbranched alkanes of at least 4 members (excludes halogenated alkanes) is 1. The second-order valence-corrected chi connectivity index (χ2v) is 3.83. The lowest BCUT2D eigenvalue weighted by atomic mass is 10.4. The van der Waals surface area contributed by atoms with E-state index >= 15 is 0 Å². The van der Waals surface area contributed by atoms with Gasteiger partial charge in [0.1, 0.15) is 12.4 Å². The molecule has 1 heterocycles. The van der Waals surface area contributed by atoms with Crippen LogP contribution in [-0.2, 0) is 22.6 Å². The van der Waals surface area contributed by atoms with Crippen LogP contribution in [0.25, 0.3) is 0 Å². The molecule has 5 heteroatoms. The van der Waals surface area contributed by atoms with E-state index < -0.39 is 0 Å². The Labute approximate surface area is 102 Å². The highest BCUT2D eigenvalue weighted by Gasteiger charge is 2.07. The summed E-state index contributed by atoms with van der Waals surface area (Å²) in [7, 11) is 0. The molecule has 0 unspecified atom stereocenters. The third-order valence-electron chi connectivity index (χ3n) is 2.40. The van der Waals surface area contributed by atoms with Gasteiger partial charge in [-0.2, -0.15) is 0 Å². The maximum Gasteiger partial charge on any atom is 0.325 e. The van der Waals surface area contributed by atoms with Crippen LogP contribution in [0.2, 0.25) is 0 Å². The van der Waals surface area contributed by atoms with Crippen molar-refractivity contribution in [2.45, 2.75) is 39.8 Å². The van der Waals surface area contributed by atoms with Gasteiger partial charge in [-0.1, -0.05) is 20.3 Å². The first-order chi connectivity index (χ1) is 8.27. The molecule has 0 amide bonds. The Morgan fingerprint density at radius 2 is 2.35 bits per heavy atom. The van der Waals surface area contributed by atoms with Crippen LogP contribution in [0.1, 0.15) is 32.5 Å². The van der Waals surface area contributed by atoms with E-state index in [0.717, 1.165) is 25.2 Å². The van der Waals surface area contributed by atoms with Gasteiger partial charge in [0.15, 0.2) is 0 Å². The summed E-state index contributed by atoms with van der Waals surface area (Å²) in [6.07, 6.45) is 5.45. The molecule has 0 aliphatic rings. The van der Waals surface area contributed by atoms with Gasteiger partial charge in [-0.25, -0.2) is 4.98 Å². The van der Waals surface area contributed by atoms with Crippen LogP contribution in [0.5, 0.6) is 0 Å². The number of carbonyl (C=O) groups is 1. The predicted octanol–water partition coefficient (Wildman–Crippen LogP) is 1.34. The Hall–Kier alpha value is -1.36. The minimum Gasteiger partial charge on any atom is -0.464 e. The largest absolute Gasteiger partial charge is 0.464 e. The first-order valence-corrected chi connectivity index (χ1v) is 6.14. The number of nitrogens with one attached hydrogen (secondary N) is 1. The molecule has 1 aromatic heterocycles. The third kappa shape index (κ3) is 4.99. The molecular weight excluding hydrogens is 218 g/mol. The number of ether oxygens (including phenoxy) is 1. The summed E-state index contributed by atoms with van der Waals surface area (Å²) in [4.78, 5) is 15.7. The maximum atomic E-state index is 11.5. The normalized spacial score (nSPS) is 10.5. The summed E-state index contributed by atoms with van der Waals surface area (Å²) in [6, 6.07) is 0. The standard InChI is InChI=1S/C12H21N3O2/c1-3-5-8-17-12(16)10-15-7-6-14-11(15)9-13-4-2/h6-7,13H,3-5,8-10H2,1-2H3. The molecule has 0 fully saturated rings. The van der Waals surface area contributed by atoms with E-state index in [2.05, 4.69) is 17.2 Å². The molecule has 0 bridgehead atoms. The average molecular weight is 239 g/mol. The summed E-state index contributed by atoms with van der Waals surface area (Å²) in [6.45, 7) is 6.40. The molecule has 0 spiro atoms. The highest BCUT2D eigenvalue weighted by atomic mass is 16.5. The van der Waals surface area contributed by atoms with Gasteiger partial charge >= 0.3 is 5.97 Å². The molecule has 1 N–H and O–H groups in total. The number of rotatable bonds is 8. The lowest BCUT2D eigenvalue weighted by Crippen LogP contribution is -2.20. The highest BCUT2D eigenvalue weighted by Crippen LogP contribution is 1.99. The van der Waals surface area contributed by atoms with Gasteiger partial charge in [0.25, 0.3) is 0 Å². The minimum absolute atomic E-state index is 0.200. The Balaban J connectivity index is 2.39. The Kier molecular flexibility index (Phi) is 6.32. The van der Waals surface area contributed by atoms with E-state index in [0.29, 0.717) is 13.2 Å². The van der Waals surface area contributed by atoms with Crippen LogP contribution in [-0.4, -0.2) is 28.7 Å². The number of carbonyl (C=O) groups excluding carboxylic acids is 1. The number of imidazole rings is 1. The van der Waals surface area contributed by atoms with Gasteiger partial charge in [0.2, 0.25) is 0 Å². The lowest BCUT2D eigenvalue weighted by molar-refractivity contribution is -0.144. The van der Waals surface area contributed by atoms with E-state index in [1.54, 1.807) is 12.4 Å². The molecule has 96 valence electrons. The molecule has 0 aliphatic heterocycles. The van der Waals surface area contributed by atoms with Crippen molar-refractivity contribution in [3.8, 4) is 0 Å². The first kappa shape index (κ1) is 13.7. The summed E-state index contributed by atoms with van der Waals surface area (Å²) < 4.78 is 6.92. The first-order valence-electron chi connectivity index (χ1n) is 6.14. The second kappa shape index (κ2) is 7.84. The van der Waals surface area contributed by atoms with Gasteiger partial charge < -0.3 is 14.6 Å². The monoisotopic (exact) mass is 239 g/mol. The minimum atomic E-state index is -0.200. The van der Waals surface area contributed by atoms with Crippen LogP contribution in [0.4, 0.5) is 0 Å². The van der Waals surface area contributed by atoms with Gasteiger partial charge in [-0.15, -0.1) is 0 Å². The maximum absolute atomic E-state index is 11.5. The van der Waals surface area contributed by atoms with Gasteiger partial charge in [0, 0.05) is 12.4 Å². The zero-order chi connectivity index (χ0) is 12.5. The molecule has 0 aromatic carbocycles. The van der Waals surface area contributed by atoms with Crippen molar-refractivity contribution >= 4 is 5.97 Å². The number of esters is 1. The third-order valence-corrected chi connectivity index (χ3v) is 2.40. The van der Waals surface area contributed by atoms with Gasteiger partial charge in [-0.05, 0) is 13.0 Å². The van der Waals surface area contributed by atoms with Crippen molar-refractivity contribution in [2.24, 2.45) is 0 Å². The molecule has 0 saturated heterocycles. The van der Waals surface area contributed by atoms with Crippen molar-refractivity contribution in [3.63, 3.8) is 0 Å². The molecule has 0 saturated carbocycles. The van der Waals surface area contributed by atoms with E-state index in [9.17, 15) is 4.79 Å². The van der Waals surface area contributed by atoms with Gasteiger partial charge in [0.05, 0.1) is 13.2 Å². The van der Waals surface area contributed by atoms with E-state index in [-0.39, 0.29) is 12.5 Å². The second-order valence-electron chi connectivity index (χ2n) is 3.83. The summed E-state index contributed by atoms with van der Waals surface area (Å²) in [5.41, 5.74) is 0. The molecular formula is C12H21N3O2. The number of hydrogen-bond donors (Lipinski definition) is 1. The van der Waals surface area contributed by atoms with Crippen LogP contribution >= 0.6 is 0 Å². The van der Waals surface area contributed by atoms with Crippen molar-refractivity contribution in [3.05, 3.63) is 18.2 Å². The average Bonchev–Trinajstić information content (AvgIpc) is 2.74. The summed E-state index contributed by atoms with van der Waals surface area (Å²) in [5, 5.41) is 3.18. The van der Waals surface area contributed by atoms with E-state index in [1.165, 1.54) is 0 Å². The Bertz CT molecular complexity index is 336. The Morgan fingerprint density at radius 3 is 3.06 bits per heavy atom. The molecule has 1 rings (SSSR count). The molecule has 0 atom stereocenters.